The Morgan fingerprint density at radius 1 is 1.33 bits per heavy atom. The molecular weight excluding hydrogens is 156 g/mol. The van der Waals surface area contributed by atoms with E-state index < -0.39 is 0 Å². The van der Waals surface area contributed by atoms with Gasteiger partial charge in [0.1, 0.15) is 0 Å². The number of nitriles is 1. The maximum atomic E-state index is 8.38. The van der Waals surface area contributed by atoms with Crippen molar-refractivity contribution < 1.29 is 9.47 Å². The van der Waals surface area contributed by atoms with E-state index in [4.69, 9.17) is 20.5 Å². The molecule has 0 aromatic carbocycles. The van der Waals surface area contributed by atoms with Crippen LogP contribution in [0, 0.1) is 11.3 Å². The van der Waals surface area contributed by atoms with Gasteiger partial charge in [-0.3, -0.25) is 0 Å². The Hall–Kier alpha value is -0.630. The highest BCUT2D eigenvalue weighted by Gasteiger charge is 2.06. The van der Waals surface area contributed by atoms with Gasteiger partial charge in [-0.25, -0.2) is 0 Å². The van der Waals surface area contributed by atoms with Crippen LogP contribution in [0.3, 0.4) is 0 Å². The zero-order valence-electron chi connectivity index (χ0n) is 7.62. The fourth-order valence-corrected chi connectivity index (χ4v) is 0.901. The second-order valence-corrected chi connectivity index (χ2v) is 2.57. The lowest BCUT2D eigenvalue weighted by Gasteiger charge is -2.12. The molecule has 0 aromatic heterocycles. The molecule has 0 aromatic rings. The highest BCUT2D eigenvalue weighted by Crippen LogP contribution is 2.05. The van der Waals surface area contributed by atoms with Gasteiger partial charge in [0, 0.05) is 14.2 Å². The van der Waals surface area contributed by atoms with E-state index in [1.807, 2.05) is 6.07 Å². The molecule has 0 radical (unpaired) electrons. The second kappa shape index (κ2) is 7.04. The van der Waals surface area contributed by atoms with Crippen molar-refractivity contribution in [2.24, 2.45) is 5.73 Å². The predicted octanol–water partition coefficient (Wildman–Crippen LogP) is 0.626. The Labute approximate surface area is 73.3 Å². The third-order valence-electron chi connectivity index (χ3n) is 1.65. The molecule has 4 nitrogen and oxygen atoms in total. The summed E-state index contributed by atoms with van der Waals surface area (Å²) in [5.74, 6) is 0. The van der Waals surface area contributed by atoms with Crippen LogP contribution in [0.15, 0.2) is 0 Å². The number of methoxy groups -OCH3 is 2. The zero-order chi connectivity index (χ0) is 9.40. The predicted molar refractivity (Wildman–Crippen MR) is 45.2 cm³/mol. The van der Waals surface area contributed by atoms with E-state index >= 15 is 0 Å². The minimum absolute atomic E-state index is 0.170. The summed E-state index contributed by atoms with van der Waals surface area (Å²) in [6.07, 6.45) is 2.15. The molecule has 4 heteroatoms. The quantitative estimate of drug-likeness (QED) is 0.596. The van der Waals surface area contributed by atoms with Gasteiger partial charge in [0.15, 0.2) is 6.29 Å². The van der Waals surface area contributed by atoms with Crippen LogP contribution >= 0.6 is 0 Å². The van der Waals surface area contributed by atoms with Gasteiger partial charge in [0.2, 0.25) is 0 Å². The first-order valence-electron chi connectivity index (χ1n) is 3.95. The summed E-state index contributed by atoms with van der Waals surface area (Å²) in [6, 6.07) is 1.61. The van der Waals surface area contributed by atoms with Crippen LogP contribution in [-0.4, -0.2) is 26.6 Å². The summed E-state index contributed by atoms with van der Waals surface area (Å²) in [5.41, 5.74) is 5.40. The third kappa shape index (κ3) is 5.08. The molecule has 12 heavy (non-hydrogen) atoms. The summed E-state index contributed by atoms with van der Waals surface area (Å²) < 4.78 is 9.94. The average Bonchev–Trinajstić information content (AvgIpc) is 2.12. The fourth-order valence-electron chi connectivity index (χ4n) is 0.901. The van der Waals surface area contributed by atoms with E-state index in [1.54, 1.807) is 14.2 Å². The van der Waals surface area contributed by atoms with E-state index in [0.29, 0.717) is 6.42 Å². The van der Waals surface area contributed by atoms with Crippen LogP contribution in [0.5, 0.6) is 0 Å². The molecule has 0 rings (SSSR count). The summed E-state index contributed by atoms with van der Waals surface area (Å²) in [6.45, 7) is 0. The van der Waals surface area contributed by atoms with Crippen LogP contribution in [-0.2, 0) is 9.47 Å². The van der Waals surface area contributed by atoms with E-state index in [1.165, 1.54) is 0 Å². The molecule has 70 valence electrons. The summed E-state index contributed by atoms with van der Waals surface area (Å²) in [4.78, 5) is 0. The molecule has 0 heterocycles. The first-order chi connectivity index (χ1) is 5.74. The van der Waals surface area contributed by atoms with Crippen molar-refractivity contribution in [3.63, 3.8) is 0 Å². The Balaban J connectivity index is 3.36. The fraction of sp³-hybridized carbons (Fsp3) is 0.875. The number of hydrogen-bond acceptors (Lipinski definition) is 4. The molecule has 0 saturated carbocycles. The van der Waals surface area contributed by atoms with Crippen molar-refractivity contribution in [1.82, 2.24) is 0 Å². The first-order valence-corrected chi connectivity index (χ1v) is 3.95. The highest BCUT2D eigenvalue weighted by molar-refractivity contribution is 4.85. The number of rotatable bonds is 6. The molecule has 2 N–H and O–H groups in total. The monoisotopic (exact) mass is 172 g/mol. The molecule has 0 bridgehead atoms. The van der Waals surface area contributed by atoms with Crippen LogP contribution in [0.4, 0.5) is 0 Å². The van der Waals surface area contributed by atoms with Crippen molar-refractivity contribution in [3.8, 4) is 6.07 Å². The molecule has 0 spiro atoms. The summed E-state index contributed by atoms with van der Waals surface area (Å²) in [5, 5.41) is 8.38. The van der Waals surface area contributed by atoms with Gasteiger partial charge in [-0.2, -0.15) is 5.26 Å². The largest absolute Gasteiger partial charge is 0.356 e. The lowest BCUT2D eigenvalue weighted by Crippen LogP contribution is -2.19. The zero-order valence-corrected chi connectivity index (χ0v) is 7.62. The molecule has 0 aliphatic carbocycles. The van der Waals surface area contributed by atoms with E-state index in [9.17, 15) is 0 Å². The van der Waals surface area contributed by atoms with Crippen molar-refractivity contribution in [2.45, 2.75) is 31.6 Å². The van der Waals surface area contributed by atoms with Crippen molar-refractivity contribution in [2.75, 3.05) is 14.2 Å². The van der Waals surface area contributed by atoms with Crippen LogP contribution in [0.1, 0.15) is 19.3 Å². The van der Waals surface area contributed by atoms with E-state index in [-0.39, 0.29) is 12.3 Å². The van der Waals surface area contributed by atoms with Crippen LogP contribution in [0.2, 0.25) is 0 Å². The molecule has 0 aliphatic rings. The topological polar surface area (TPSA) is 68.3 Å². The van der Waals surface area contributed by atoms with Crippen LogP contribution in [0.25, 0.3) is 0 Å². The van der Waals surface area contributed by atoms with Crippen molar-refractivity contribution >= 4 is 0 Å². The molecule has 0 unspecified atom stereocenters. The maximum Gasteiger partial charge on any atom is 0.156 e. The molecular formula is C8H16N2O2. The first kappa shape index (κ1) is 11.4. The van der Waals surface area contributed by atoms with Crippen molar-refractivity contribution in [3.05, 3.63) is 0 Å². The lowest BCUT2D eigenvalue weighted by atomic mass is 10.1. The standard InChI is InChI=1S/C8H16N2O2/c1-11-8(12-2)5-3-4-7(10)6-9/h7-8H,3-5,10H2,1-2H3/t7-/m1/s1. The molecule has 0 saturated heterocycles. The van der Waals surface area contributed by atoms with E-state index in [2.05, 4.69) is 0 Å². The van der Waals surface area contributed by atoms with Gasteiger partial charge in [-0.05, 0) is 19.3 Å². The minimum Gasteiger partial charge on any atom is -0.356 e. The smallest absolute Gasteiger partial charge is 0.156 e. The average molecular weight is 172 g/mol. The van der Waals surface area contributed by atoms with E-state index in [0.717, 1.165) is 12.8 Å². The Morgan fingerprint density at radius 2 is 1.92 bits per heavy atom. The Bertz CT molecular complexity index is 140. The Kier molecular flexibility index (Phi) is 6.67. The molecule has 0 aliphatic heterocycles. The van der Waals surface area contributed by atoms with Gasteiger partial charge in [-0.15, -0.1) is 0 Å². The number of nitrogens with two attached hydrogens (primary N) is 1. The Morgan fingerprint density at radius 3 is 2.33 bits per heavy atom. The normalized spacial score (nSPS) is 12.9. The molecule has 0 amide bonds. The highest BCUT2D eigenvalue weighted by atomic mass is 16.7. The molecule has 0 fully saturated rings. The van der Waals surface area contributed by atoms with Crippen LogP contribution < -0.4 is 5.73 Å². The molecule has 1 atom stereocenters. The van der Waals surface area contributed by atoms with Crippen molar-refractivity contribution in [1.29, 1.82) is 5.26 Å². The van der Waals surface area contributed by atoms with Gasteiger partial charge in [0.05, 0.1) is 12.1 Å². The summed E-state index contributed by atoms with van der Waals surface area (Å²) >= 11 is 0. The van der Waals surface area contributed by atoms with Gasteiger partial charge >= 0.3 is 0 Å². The summed E-state index contributed by atoms with van der Waals surface area (Å²) in [7, 11) is 3.19. The minimum atomic E-state index is -0.362. The maximum absolute atomic E-state index is 8.38. The number of nitrogens with zero attached hydrogens (tertiary/aromatic N) is 1. The number of hydrogen-bond donors (Lipinski definition) is 1. The number of ether oxygens (including phenoxy) is 2. The van der Waals surface area contributed by atoms with Gasteiger partial charge in [0.25, 0.3) is 0 Å². The lowest BCUT2D eigenvalue weighted by molar-refractivity contribution is -0.107. The SMILES string of the molecule is COC(CCC[C@@H](N)C#N)OC. The third-order valence-corrected chi connectivity index (χ3v) is 1.65. The van der Waals surface area contributed by atoms with Gasteiger partial charge in [-0.1, -0.05) is 0 Å². The second-order valence-electron chi connectivity index (χ2n) is 2.57. The van der Waals surface area contributed by atoms with Gasteiger partial charge < -0.3 is 15.2 Å².